The zero-order chi connectivity index (χ0) is 16.2. The zero-order valence-electron chi connectivity index (χ0n) is 13.6. The van der Waals surface area contributed by atoms with Crippen molar-refractivity contribution in [1.29, 1.82) is 0 Å². The van der Waals surface area contributed by atoms with E-state index in [1.54, 1.807) is 0 Å². The zero-order valence-corrected chi connectivity index (χ0v) is 13.6. The van der Waals surface area contributed by atoms with Gasteiger partial charge in [0.15, 0.2) is 0 Å². The maximum Gasteiger partial charge on any atom is 0.127 e. The molecule has 3 aromatic rings. The topological polar surface area (TPSA) is 41.5 Å². The molecule has 0 spiro atoms. The molecule has 3 aromatic carbocycles. The van der Waals surface area contributed by atoms with Crippen molar-refractivity contribution in [3.05, 3.63) is 54.6 Å². The minimum atomic E-state index is -0.525. The van der Waals surface area contributed by atoms with Crippen LogP contribution in [0.15, 0.2) is 54.6 Å². The summed E-state index contributed by atoms with van der Waals surface area (Å²) >= 11 is 0. The van der Waals surface area contributed by atoms with E-state index in [0.29, 0.717) is 12.6 Å². The maximum absolute atomic E-state index is 10.1. The molecule has 3 heteroatoms. The fraction of sp³-hybridized carbons (Fsp3) is 0.300. The lowest BCUT2D eigenvalue weighted by Crippen LogP contribution is -2.35. The standard InChI is InChI=1S/C20H23NO2/c1-14(2)21-12-16(22)13-23-20-11-15-7-3-4-8-17(15)18-9-5-6-10-19(18)20/h3-11,14,16,21-22H,12-13H2,1-2H3. The second kappa shape index (κ2) is 6.99. The number of hydrogen-bond acceptors (Lipinski definition) is 3. The van der Waals surface area contributed by atoms with Gasteiger partial charge in [-0.15, -0.1) is 0 Å². The van der Waals surface area contributed by atoms with Gasteiger partial charge in [0, 0.05) is 18.0 Å². The van der Waals surface area contributed by atoms with Crippen molar-refractivity contribution in [1.82, 2.24) is 5.32 Å². The van der Waals surface area contributed by atoms with Gasteiger partial charge >= 0.3 is 0 Å². The van der Waals surface area contributed by atoms with E-state index in [0.717, 1.165) is 16.5 Å². The summed E-state index contributed by atoms with van der Waals surface area (Å²) in [6.45, 7) is 4.93. The van der Waals surface area contributed by atoms with E-state index in [4.69, 9.17) is 4.74 Å². The highest BCUT2D eigenvalue weighted by molar-refractivity contribution is 6.10. The van der Waals surface area contributed by atoms with Gasteiger partial charge in [0.1, 0.15) is 18.5 Å². The van der Waals surface area contributed by atoms with Crippen LogP contribution in [0.25, 0.3) is 21.5 Å². The molecule has 0 bridgehead atoms. The van der Waals surface area contributed by atoms with Gasteiger partial charge in [0.25, 0.3) is 0 Å². The first-order valence-corrected chi connectivity index (χ1v) is 8.10. The van der Waals surface area contributed by atoms with E-state index in [1.807, 2.05) is 18.2 Å². The maximum atomic E-state index is 10.1. The molecule has 1 atom stereocenters. The molecular formula is C20H23NO2. The molecule has 1 unspecified atom stereocenters. The van der Waals surface area contributed by atoms with Gasteiger partial charge in [-0.1, -0.05) is 62.4 Å². The summed E-state index contributed by atoms with van der Waals surface area (Å²) in [5.41, 5.74) is 0. The molecule has 0 heterocycles. The fourth-order valence-corrected chi connectivity index (χ4v) is 2.76. The summed E-state index contributed by atoms with van der Waals surface area (Å²) in [5.74, 6) is 0.822. The number of aliphatic hydroxyl groups is 1. The number of nitrogens with one attached hydrogen (secondary N) is 1. The quantitative estimate of drug-likeness (QED) is 0.682. The van der Waals surface area contributed by atoms with Gasteiger partial charge in [-0.2, -0.15) is 0 Å². The predicted molar refractivity (Wildman–Crippen MR) is 96.1 cm³/mol. The van der Waals surface area contributed by atoms with Crippen molar-refractivity contribution in [3.63, 3.8) is 0 Å². The van der Waals surface area contributed by atoms with Gasteiger partial charge in [0.2, 0.25) is 0 Å². The molecule has 23 heavy (non-hydrogen) atoms. The summed E-state index contributed by atoms with van der Waals surface area (Å²) < 4.78 is 5.93. The van der Waals surface area contributed by atoms with Crippen molar-refractivity contribution in [2.45, 2.75) is 26.0 Å². The minimum absolute atomic E-state index is 0.280. The molecule has 0 aliphatic heterocycles. The molecular weight excluding hydrogens is 286 g/mol. The molecule has 0 radical (unpaired) electrons. The van der Waals surface area contributed by atoms with E-state index in [2.05, 4.69) is 55.6 Å². The lowest BCUT2D eigenvalue weighted by molar-refractivity contribution is 0.105. The Morgan fingerprint density at radius 1 is 0.957 bits per heavy atom. The number of rotatable bonds is 6. The van der Waals surface area contributed by atoms with Gasteiger partial charge in [-0.05, 0) is 22.2 Å². The summed E-state index contributed by atoms with van der Waals surface area (Å²) in [5, 5.41) is 17.9. The highest BCUT2D eigenvalue weighted by Gasteiger charge is 2.10. The first-order chi connectivity index (χ1) is 11.1. The minimum Gasteiger partial charge on any atom is -0.490 e. The summed E-state index contributed by atoms with van der Waals surface area (Å²) in [6.07, 6.45) is -0.525. The van der Waals surface area contributed by atoms with Crippen LogP contribution in [0.1, 0.15) is 13.8 Å². The highest BCUT2D eigenvalue weighted by Crippen LogP contribution is 2.33. The molecule has 0 amide bonds. The Morgan fingerprint density at radius 3 is 2.35 bits per heavy atom. The summed E-state index contributed by atoms with van der Waals surface area (Å²) in [6, 6.07) is 18.9. The fourth-order valence-electron chi connectivity index (χ4n) is 2.76. The Kier molecular flexibility index (Phi) is 4.79. The molecule has 2 N–H and O–H groups in total. The van der Waals surface area contributed by atoms with Crippen LogP contribution >= 0.6 is 0 Å². The molecule has 0 aliphatic carbocycles. The predicted octanol–water partition coefficient (Wildman–Crippen LogP) is 3.73. The van der Waals surface area contributed by atoms with Crippen LogP contribution in [0.2, 0.25) is 0 Å². The summed E-state index contributed by atoms with van der Waals surface area (Å²) in [7, 11) is 0. The van der Waals surface area contributed by atoms with E-state index >= 15 is 0 Å². The van der Waals surface area contributed by atoms with E-state index in [9.17, 15) is 5.11 Å². The molecule has 120 valence electrons. The highest BCUT2D eigenvalue weighted by atomic mass is 16.5. The number of aliphatic hydroxyl groups excluding tert-OH is 1. The monoisotopic (exact) mass is 309 g/mol. The average molecular weight is 309 g/mol. The number of benzene rings is 3. The van der Waals surface area contributed by atoms with Crippen LogP contribution in [0.4, 0.5) is 0 Å². The Bertz CT molecular complexity index is 798. The number of ether oxygens (including phenoxy) is 1. The van der Waals surface area contributed by atoms with Crippen LogP contribution in [0.3, 0.4) is 0 Å². The number of hydrogen-bond donors (Lipinski definition) is 2. The Hall–Kier alpha value is -2.10. The van der Waals surface area contributed by atoms with Crippen LogP contribution < -0.4 is 10.1 Å². The summed E-state index contributed by atoms with van der Waals surface area (Å²) in [4.78, 5) is 0. The molecule has 3 nitrogen and oxygen atoms in total. The van der Waals surface area contributed by atoms with Gasteiger partial charge < -0.3 is 15.2 Å². The average Bonchev–Trinajstić information content (AvgIpc) is 2.58. The second-order valence-electron chi connectivity index (χ2n) is 6.17. The smallest absolute Gasteiger partial charge is 0.127 e. The second-order valence-corrected chi connectivity index (χ2v) is 6.17. The van der Waals surface area contributed by atoms with Gasteiger partial charge in [0.05, 0.1) is 0 Å². The molecule has 0 saturated carbocycles. The molecule has 0 aromatic heterocycles. The first-order valence-electron chi connectivity index (χ1n) is 8.10. The van der Waals surface area contributed by atoms with E-state index in [1.165, 1.54) is 10.8 Å². The van der Waals surface area contributed by atoms with Crippen LogP contribution in [0, 0.1) is 0 Å². The van der Waals surface area contributed by atoms with Crippen molar-refractivity contribution in [2.75, 3.05) is 13.2 Å². The SMILES string of the molecule is CC(C)NCC(O)COc1cc2ccccc2c2ccccc12. The first kappa shape index (κ1) is 15.8. The van der Waals surface area contributed by atoms with Crippen molar-refractivity contribution in [2.24, 2.45) is 0 Å². The Labute approximate surface area is 136 Å². The normalized spacial score (nSPS) is 12.9. The Balaban J connectivity index is 1.87. The van der Waals surface area contributed by atoms with E-state index < -0.39 is 6.10 Å². The molecule has 0 aliphatic rings. The molecule has 0 fully saturated rings. The Morgan fingerprint density at radius 2 is 1.61 bits per heavy atom. The van der Waals surface area contributed by atoms with Crippen LogP contribution in [-0.2, 0) is 0 Å². The third kappa shape index (κ3) is 3.63. The lowest BCUT2D eigenvalue weighted by Gasteiger charge is -2.17. The lowest BCUT2D eigenvalue weighted by atomic mass is 10.0. The molecule has 3 rings (SSSR count). The third-order valence-corrected chi connectivity index (χ3v) is 3.92. The molecule has 0 saturated heterocycles. The van der Waals surface area contributed by atoms with Crippen LogP contribution in [0.5, 0.6) is 5.75 Å². The third-order valence-electron chi connectivity index (χ3n) is 3.92. The van der Waals surface area contributed by atoms with Crippen molar-refractivity contribution < 1.29 is 9.84 Å². The van der Waals surface area contributed by atoms with Gasteiger partial charge in [-0.25, -0.2) is 0 Å². The van der Waals surface area contributed by atoms with Crippen LogP contribution in [-0.4, -0.2) is 30.4 Å². The largest absolute Gasteiger partial charge is 0.490 e. The van der Waals surface area contributed by atoms with E-state index in [-0.39, 0.29) is 6.61 Å². The van der Waals surface area contributed by atoms with Crippen molar-refractivity contribution in [3.8, 4) is 5.75 Å². The number of fused-ring (bicyclic) bond motifs is 3. The van der Waals surface area contributed by atoms with Gasteiger partial charge in [-0.3, -0.25) is 0 Å². The van der Waals surface area contributed by atoms with Crippen molar-refractivity contribution >= 4 is 21.5 Å².